The maximum atomic E-state index is 8.83. The molecule has 0 spiro atoms. The molecule has 3 rings (SSSR count). The third-order valence-electron chi connectivity index (χ3n) is 3.39. The number of anilines is 2. The number of nitrogens with zero attached hydrogens (tertiary/aromatic N) is 2. The highest BCUT2D eigenvalue weighted by molar-refractivity contribution is 6.31. The van der Waals surface area contributed by atoms with Crippen molar-refractivity contribution in [3.8, 4) is 5.75 Å². The predicted molar refractivity (Wildman–Crippen MR) is 91.6 cm³/mol. The maximum absolute atomic E-state index is 8.83. The molecule has 0 amide bonds. The molecule has 0 fully saturated rings. The average Bonchev–Trinajstić information content (AvgIpc) is 2.54. The lowest BCUT2D eigenvalue weighted by Gasteiger charge is -2.12. The summed E-state index contributed by atoms with van der Waals surface area (Å²) in [6.45, 7) is 2.23. The first-order valence-electron chi connectivity index (χ1n) is 7.19. The van der Waals surface area contributed by atoms with E-state index in [0.717, 1.165) is 33.7 Å². The summed E-state index contributed by atoms with van der Waals surface area (Å²) in [6.07, 6.45) is 1.51. The summed E-state index contributed by atoms with van der Waals surface area (Å²) in [4.78, 5) is 8.53. The van der Waals surface area contributed by atoms with E-state index in [1.807, 2.05) is 37.3 Å². The summed E-state index contributed by atoms with van der Waals surface area (Å²) in [7, 11) is 0. The van der Waals surface area contributed by atoms with Crippen LogP contribution in [0.1, 0.15) is 5.56 Å². The van der Waals surface area contributed by atoms with Gasteiger partial charge >= 0.3 is 0 Å². The summed E-state index contributed by atoms with van der Waals surface area (Å²) in [5.74, 6) is 1.47. The fraction of sp³-hybridized carbons (Fsp3) is 0.176. The normalized spacial score (nSPS) is 10.7. The average molecular weight is 330 g/mol. The smallest absolute Gasteiger partial charge is 0.141 e. The van der Waals surface area contributed by atoms with Crippen molar-refractivity contribution in [2.24, 2.45) is 0 Å². The Kier molecular flexibility index (Phi) is 4.60. The Balaban J connectivity index is 1.89. The van der Waals surface area contributed by atoms with Crippen LogP contribution in [0.3, 0.4) is 0 Å². The standard InChI is InChI=1S/C17H16ClN3O2/c1-11-8-13(3-5-16(11)23-7-6-22)21-17-14-4-2-12(18)9-15(14)19-10-20-17/h2-5,8-10,22H,6-7H2,1H3,(H,19,20,21). The molecule has 0 aliphatic heterocycles. The minimum atomic E-state index is -0.00503. The van der Waals surface area contributed by atoms with Gasteiger partial charge in [0.25, 0.3) is 0 Å². The van der Waals surface area contributed by atoms with Crippen molar-refractivity contribution in [1.82, 2.24) is 9.97 Å². The molecule has 118 valence electrons. The van der Waals surface area contributed by atoms with Gasteiger partial charge < -0.3 is 15.2 Å². The summed E-state index contributed by atoms with van der Waals surface area (Å²) in [5, 5.41) is 13.7. The molecule has 2 aromatic carbocycles. The van der Waals surface area contributed by atoms with Crippen LogP contribution >= 0.6 is 11.6 Å². The Labute approximate surface area is 138 Å². The van der Waals surface area contributed by atoms with Gasteiger partial charge in [0.2, 0.25) is 0 Å². The minimum absolute atomic E-state index is 0.00503. The molecule has 23 heavy (non-hydrogen) atoms. The van der Waals surface area contributed by atoms with E-state index in [9.17, 15) is 0 Å². The fourth-order valence-electron chi connectivity index (χ4n) is 2.31. The van der Waals surface area contributed by atoms with Crippen LogP contribution in [0.2, 0.25) is 5.02 Å². The van der Waals surface area contributed by atoms with E-state index in [4.69, 9.17) is 21.4 Å². The van der Waals surface area contributed by atoms with Gasteiger partial charge in [-0.25, -0.2) is 9.97 Å². The molecule has 1 heterocycles. The number of hydrogen-bond acceptors (Lipinski definition) is 5. The largest absolute Gasteiger partial charge is 0.491 e. The van der Waals surface area contributed by atoms with Crippen LogP contribution in [0.15, 0.2) is 42.7 Å². The van der Waals surface area contributed by atoms with Gasteiger partial charge in [-0.15, -0.1) is 0 Å². The third kappa shape index (κ3) is 3.52. The molecule has 0 aliphatic carbocycles. The number of aliphatic hydroxyl groups is 1. The van der Waals surface area contributed by atoms with E-state index in [2.05, 4.69) is 15.3 Å². The summed E-state index contributed by atoms with van der Waals surface area (Å²) >= 11 is 6.00. The summed E-state index contributed by atoms with van der Waals surface area (Å²) < 4.78 is 5.46. The van der Waals surface area contributed by atoms with Crippen LogP contribution < -0.4 is 10.1 Å². The molecule has 0 unspecified atom stereocenters. The van der Waals surface area contributed by atoms with E-state index in [0.29, 0.717) is 5.02 Å². The Hall–Kier alpha value is -2.37. The maximum Gasteiger partial charge on any atom is 0.141 e. The minimum Gasteiger partial charge on any atom is -0.491 e. The Bertz CT molecular complexity index is 839. The van der Waals surface area contributed by atoms with Gasteiger partial charge in [-0.2, -0.15) is 0 Å². The first-order valence-corrected chi connectivity index (χ1v) is 7.57. The Morgan fingerprint density at radius 2 is 2.04 bits per heavy atom. The first-order chi connectivity index (χ1) is 11.2. The number of aryl methyl sites for hydroxylation is 1. The quantitative estimate of drug-likeness (QED) is 0.747. The number of nitrogens with one attached hydrogen (secondary N) is 1. The van der Waals surface area contributed by atoms with Crippen molar-refractivity contribution < 1.29 is 9.84 Å². The molecule has 0 saturated carbocycles. The van der Waals surface area contributed by atoms with Crippen LogP contribution in [-0.4, -0.2) is 28.3 Å². The first kappa shape index (κ1) is 15.5. The van der Waals surface area contributed by atoms with Crippen molar-refractivity contribution >= 4 is 34.0 Å². The summed E-state index contributed by atoms with van der Waals surface area (Å²) in [5.41, 5.74) is 2.66. The lowest BCUT2D eigenvalue weighted by molar-refractivity contribution is 0.200. The zero-order valence-electron chi connectivity index (χ0n) is 12.6. The number of aromatic nitrogens is 2. The number of halogens is 1. The molecule has 0 saturated heterocycles. The molecule has 0 radical (unpaired) electrons. The van der Waals surface area contributed by atoms with Gasteiger partial charge in [0, 0.05) is 16.1 Å². The van der Waals surface area contributed by atoms with Gasteiger partial charge in [-0.3, -0.25) is 0 Å². The number of hydrogen-bond donors (Lipinski definition) is 2. The lowest BCUT2D eigenvalue weighted by Crippen LogP contribution is -2.03. The van der Waals surface area contributed by atoms with Gasteiger partial charge in [0.15, 0.2) is 0 Å². The molecular weight excluding hydrogens is 314 g/mol. The van der Waals surface area contributed by atoms with Crippen LogP contribution in [0, 0.1) is 6.92 Å². The number of fused-ring (bicyclic) bond motifs is 1. The zero-order chi connectivity index (χ0) is 16.2. The van der Waals surface area contributed by atoms with Crippen molar-refractivity contribution in [3.05, 3.63) is 53.3 Å². The highest BCUT2D eigenvalue weighted by Crippen LogP contribution is 2.27. The fourth-order valence-corrected chi connectivity index (χ4v) is 2.48. The predicted octanol–water partition coefficient (Wildman–Crippen LogP) is 3.71. The molecule has 2 N–H and O–H groups in total. The highest BCUT2D eigenvalue weighted by atomic mass is 35.5. The Morgan fingerprint density at radius 3 is 2.83 bits per heavy atom. The molecular formula is C17H16ClN3O2. The lowest BCUT2D eigenvalue weighted by atomic mass is 10.2. The van der Waals surface area contributed by atoms with Crippen molar-refractivity contribution in [2.45, 2.75) is 6.92 Å². The van der Waals surface area contributed by atoms with E-state index in [-0.39, 0.29) is 13.2 Å². The SMILES string of the molecule is Cc1cc(Nc2ncnc3cc(Cl)ccc23)ccc1OCCO. The molecule has 0 bridgehead atoms. The number of ether oxygens (including phenoxy) is 1. The van der Waals surface area contributed by atoms with Crippen molar-refractivity contribution in [1.29, 1.82) is 0 Å². The second-order valence-corrected chi connectivity index (χ2v) is 5.50. The van der Waals surface area contributed by atoms with Crippen LogP contribution in [0.5, 0.6) is 5.75 Å². The van der Waals surface area contributed by atoms with E-state index in [1.54, 1.807) is 6.07 Å². The molecule has 3 aromatic rings. The molecule has 5 nitrogen and oxygen atoms in total. The number of benzene rings is 2. The van der Waals surface area contributed by atoms with Crippen LogP contribution in [-0.2, 0) is 0 Å². The highest BCUT2D eigenvalue weighted by Gasteiger charge is 2.06. The number of rotatable bonds is 5. The molecule has 6 heteroatoms. The second-order valence-electron chi connectivity index (χ2n) is 5.06. The Morgan fingerprint density at radius 1 is 1.17 bits per heavy atom. The molecule has 0 atom stereocenters. The second kappa shape index (κ2) is 6.81. The molecule has 1 aromatic heterocycles. The van der Waals surface area contributed by atoms with E-state index < -0.39 is 0 Å². The topological polar surface area (TPSA) is 67.3 Å². The monoisotopic (exact) mass is 329 g/mol. The van der Waals surface area contributed by atoms with E-state index >= 15 is 0 Å². The number of aliphatic hydroxyl groups excluding tert-OH is 1. The van der Waals surface area contributed by atoms with Crippen molar-refractivity contribution in [3.63, 3.8) is 0 Å². The molecule has 0 aliphatic rings. The van der Waals surface area contributed by atoms with Gasteiger partial charge in [0.1, 0.15) is 24.5 Å². The van der Waals surface area contributed by atoms with Crippen molar-refractivity contribution in [2.75, 3.05) is 18.5 Å². The van der Waals surface area contributed by atoms with Gasteiger partial charge in [-0.05, 0) is 48.9 Å². The van der Waals surface area contributed by atoms with Gasteiger partial charge in [0.05, 0.1) is 12.1 Å². The van der Waals surface area contributed by atoms with Crippen LogP contribution in [0.4, 0.5) is 11.5 Å². The van der Waals surface area contributed by atoms with Crippen LogP contribution in [0.25, 0.3) is 10.9 Å². The van der Waals surface area contributed by atoms with Gasteiger partial charge in [-0.1, -0.05) is 11.6 Å². The third-order valence-corrected chi connectivity index (χ3v) is 3.62. The summed E-state index contributed by atoms with van der Waals surface area (Å²) in [6, 6.07) is 11.3. The zero-order valence-corrected chi connectivity index (χ0v) is 13.3. The van der Waals surface area contributed by atoms with E-state index in [1.165, 1.54) is 6.33 Å².